The Labute approximate surface area is 64.0 Å². The van der Waals surface area contributed by atoms with Crippen LogP contribution < -0.4 is 11.4 Å². The van der Waals surface area contributed by atoms with E-state index >= 15 is 0 Å². The van der Waals surface area contributed by atoms with Gasteiger partial charge in [0.05, 0.1) is 0 Å². The maximum absolute atomic E-state index is 11.0. The average molecular weight is 151 g/mol. The molecule has 0 saturated carbocycles. The molecule has 0 aromatic carbocycles. The van der Waals surface area contributed by atoms with Crippen LogP contribution in [0, 0.1) is 0 Å². The normalized spacial score (nSPS) is 9.45. The monoisotopic (exact) mass is 151 g/mol. The summed E-state index contributed by atoms with van der Waals surface area (Å²) in [6, 6.07) is 1.57. The topological polar surface area (TPSA) is 60.9 Å². The van der Waals surface area contributed by atoms with Crippen LogP contribution in [0.2, 0.25) is 0 Å². The van der Waals surface area contributed by atoms with Gasteiger partial charge in [-0.15, -0.1) is 6.58 Å². The van der Waals surface area contributed by atoms with Crippen LogP contribution in [0.3, 0.4) is 0 Å². The zero-order chi connectivity index (χ0) is 8.27. The zero-order valence-electron chi connectivity index (χ0n) is 6.03. The van der Waals surface area contributed by atoms with Crippen LogP contribution in [-0.2, 0) is 6.54 Å². The third kappa shape index (κ3) is 1.67. The molecular weight excluding hydrogens is 142 g/mol. The lowest BCUT2D eigenvalue weighted by Crippen LogP contribution is -2.22. The van der Waals surface area contributed by atoms with Gasteiger partial charge in [-0.2, -0.15) is 4.98 Å². The van der Waals surface area contributed by atoms with E-state index in [1.807, 2.05) is 0 Å². The van der Waals surface area contributed by atoms with Gasteiger partial charge in [0.25, 0.3) is 0 Å². The summed E-state index contributed by atoms with van der Waals surface area (Å²) in [7, 11) is 0. The molecule has 1 aromatic rings. The van der Waals surface area contributed by atoms with E-state index < -0.39 is 0 Å². The Kier molecular flexibility index (Phi) is 2.06. The van der Waals surface area contributed by atoms with Crippen molar-refractivity contribution in [2.45, 2.75) is 6.54 Å². The molecular formula is C7H9N3O. The molecule has 0 spiro atoms. The molecule has 4 nitrogen and oxygen atoms in total. The predicted octanol–water partition coefficient (Wildman–Crippen LogP) is 0.0115. The van der Waals surface area contributed by atoms with Gasteiger partial charge in [-0.3, -0.25) is 4.57 Å². The summed E-state index contributed by atoms with van der Waals surface area (Å²) < 4.78 is 1.42. The van der Waals surface area contributed by atoms with Crippen molar-refractivity contribution < 1.29 is 0 Å². The first-order chi connectivity index (χ1) is 5.24. The Hall–Kier alpha value is -1.58. The molecule has 0 aliphatic heterocycles. The SMILES string of the molecule is C=CCn1ccc(N)nc1=O. The summed E-state index contributed by atoms with van der Waals surface area (Å²) in [6.45, 7) is 3.97. The van der Waals surface area contributed by atoms with Crippen LogP contribution >= 0.6 is 0 Å². The van der Waals surface area contributed by atoms with Crippen LogP contribution in [0.5, 0.6) is 0 Å². The molecule has 0 aliphatic carbocycles. The Morgan fingerprint density at radius 2 is 2.55 bits per heavy atom. The molecule has 0 unspecified atom stereocenters. The highest BCUT2D eigenvalue weighted by Crippen LogP contribution is 1.88. The molecule has 1 heterocycles. The summed E-state index contributed by atoms with van der Waals surface area (Å²) in [4.78, 5) is 14.5. The van der Waals surface area contributed by atoms with Crippen molar-refractivity contribution in [2.24, 2.45) is 0 Å². The van der Waals surface area contributed by atoms with Crippen molar-refractivity contribution in [3.05, 3.63) is 35.4 Å². The molecule has 0 fully saturated rings. The summed E-state index contributed by atoms with van der Waals surface area (Å²) in [5.74, 6) is 0.246. The molecule has 0 bridgehead atoms. The van der Waals surface area contributed by atoms with Crippen LogP contribution in [0.4, 0.5) is 5.82 Å². The zero-order valence-corrected chi connectivity index (χ0v) is 6.03. The molecule has 0 atom stereocenters. The molecule has 0 radical (unpaired) electrons. The molecule has 11 heavy (non-hydrogen) atoms. The number of anilines is 1. The first-order valence-corrected chi connectivity index (χ1v) is 3.18. The van der Waals surface area contributed by atoms with Crippen molar-refractivity contribution in [1.82, 2.24) is 9.55 Å². The molecule has 0 amide bonds. The minimum Gasteiger partial charge on any atom is -0.383 e. The van der Waals surface area contributed by atoms with Crippen molar-refractivity contribution in [1.29, 1.82) is 0 Å². The summed E-state index contributed by atoms with van der Waals surface area (Å²) in [6.07, 6.45) is 3.21. The maximum atomic E-state index is 11.0. The number of allylic oxidation sites excluding steroid dienone is 1. The third-order valence-corrected chi connectivity index (χ3v) is 1.22. The maximum Gasteiger partial charge on any atom is 0.349 e. The van der Waals surface area contributed by atoms with E-state index in [0.717, 1.165) is 0 Å². The minimum atomic E-state index is -0.343. The smallest absolute Gasteiger partial charge is 0.349 e. The minimum absolute atomic E-state index is 0.246. The Morgan fingerprint density at radius 1 is 1.82 bits per heavy atom. The predicted molar refractivity (Wildman–Crippen MR) is 43.1 cm³/mol. The van der Waals surface area contributed by atoms with Gasteiger partial charge < -0.3 is 5.73 Å². The van der Waals surface area contributed by atoms with E-state index in [9.17, 15) is 4.79 Å². The number of rotatable bonds is 2. The lowest BCUT2D eigenvalue weighted by molar-refractivity contribution is 0.747. The van der Waals surface area contributed by atoms with Crippen molar-refractivity contribution in [3.63, 3.8) is 0 Å². The average Bonchev–Trinajstić information content (AvgIpc) is 1.95. The van der Waals surface area contributed by atoms with E-state index in [1.165, 1.54) is 4.57 Å². The molecule has 1 rings (SSSR count). The van der Waals surface area contributed by atoms with Crippen LogP contribution in [0.25, 0.3) is 0 Å². The van der Waals surface area contributed by atoms with Gasteiger partial charge in [-0.25, -0.2) is 4.79 Å². The molecule has 58 valence electrons. The lowest BCUT2D eigenvalue weighted by Gasteiger charge is -1.98. The number of nitrogen functional groups attached to an aromatic ring is 1. The van der Waals surface area contributed by atoms with Gasteiger partial charge in [0.15, 0.2) is 0 Å². The van der Waals surface area contributed by atoms with Gasteiger partial charge in [0.2, 0.25) is 0 Å². The molecule has 0 saturated heterocycles. The highest BCUT2D eigenvalue weighted by molar-refractivity contribution is 5.23. The second-order valence-electron chi connectivity index (χ2n) is 2.08. The van der Waals surface area contributed by atoms with Crippen LogP contribution in [-0.4, -0.2) is 9.55 Å². The Morgan fingerprint density at radius 3 is 3.09 bits per heavy atom. The number of nitrogens with zero attached hydrogens (tertiary/aromatic N) is 2. The molecule has 1 aromatic heterocycles. The summed E-state index contributed by atoms with van der Waals surface area (Å²) in [5, 5.41) is 0. The van der Waals surface area contributed by atoms with E-state index in [1.54, 1.807) is 18.3 Å². The van der Waals surface area contributed by atoms with Gasteiger partial charge >= 0.3 is 5.69 Å². The van der Waals surface area contributed by atoms with E-state index in [2.05, 4.69) is 11.6 Å². The highest BCUT2D eigenvalue weighted by atomic mass is 16.1. The fourth-order valence-corrected chi connectivity index (χ4v) is 0.720. The quantitative estimate of drug-likeness (QED) is 0.606. The second kappa shape index (κ2) is 3.01. The van der Waals surface area contributed by atoms with Crippen LogP contribution in [0.15, 0.2) is 29.7 Å². The van der Waals surface area contributed by atoms with Gasteiger partial charge in [0, 0.05) is 12.7 Å². The van der Waals surface area contributed by atoms with Gasteiger partial charge in [0.1, 0.15) is 5.82 Å². The summed E-state index contributed by atoms with van der Waals surface area (Å²) >= 11 is 0. The van der Waals surface area contributed by atoms with Crippen molar-refractivity contribution in [3.8, 4) is 0 Å². The molecule has 4 heteroatoms. The number of nitrogens with two attached hydrogens (primary N) is 1. The largest absolute Gasteiger partial charge is 0.383 e. The number of hydrogen-bond donors (Lipinski definition) is 1. The van der Waals surface area contributed by atoms with E-state index in [0.29, 0.717) is 6.54 Å². The Balaban J connectivity index is 3.09. The Bertz CT molecular complexity index is 316. The lowest BCUT2D eigenvalue weighted by atomic mass is 10.5. The second-order valence-corrected chi connectivity index (χ2v) is 2.08. The van der Waals surface area contributed by atoms with Gasteiger partial charge in [-0.05, 0) is 6.07 Å². The van der Waals surface area contributed by atoms with Crippen molar-refractivity contribution in [2.75, 3.05) is 5.73 Å². The van der Waals surface area contributed by atoms with Crippen LogP contribution in [0.1, 0.15) is 0 Å². The van der Waals surface area contributed by atoms with Gasteiger partial charge in [-0.1, -0.05) is 6.08 Å². The van der Waals surface area contributed by atoms with E-state index in [4.69, 9.17) is 5.73 Å². The number of aromatic nitrogens is 2. The standard InChI is InChI=1S/C7H9N3O/c1-2-4-10-5-3-6(8)9-7(10)11/h2-3,5H,1,4H2,(H2,8,9,11). The summed E-state index contributed by atoms with van der Waals surface area (Å²) in [5.41, 5.74) is 4.93. The number of hydrogen-bond acceptors (Lipinski definition) is 3. The fraction of sp³-hybridized carbons (Fsp3) is 0.143. The molecule has 2 N–H and O–H groups in total. The fourth-order valence-electron chi connectivity index (χ4n) is 0.720. The molecule has 0 aliphatic rings. The highest BCUT2D eigenvalue weighted by Gasteiger charge is 1.93. The van der Waals surface area contributed by atoms with Crippen molar-refractivity contribution >= 4 is 5.82 Å². The third-order valence-electron chi connectivity index (χ3n) is 1.22. The first-order valence-electron chi connectivity index (χ1n) is 3.18. The van der Waals surface area contributed by atoms with E-state index in [-0.39, 0.29) is 11.5 Å². The first kappa shape index (κ1) is 7.53.